The lowest BCUT2D eigenvalue weighted by atomic mass is 9.98. The van der Waals surface area contributed by atoms with Crippen molar-refractivity contribution in [2.75, 3.05) is 7.11 Å². The van der Waals surface area contributed by atoms with E-state index in [0.29, 0.717) is 12.1 Å². The molecule has 2 heteroatoms. The molecule has 1 fully saturated rings. The molecule has 3 unspecified atom stereocenters. The SMILES string of the molecule is CCC1CCCC1NC(C)c1ccc(OC)cc1. The predicted octanol–water partition coefficient (Wildman–Crippen LogP) is 3.92. The van der Waals surface area contributed by atoms with Gasteiger partial charge in [-0.25, -0.2) is 0 Å². The smallest absolute Gasteiger partial charge is 0.118 e. The van der Waals surface area contributed by atoms with Gasteiger partial charge in [0.15, 0.2) is 0 Å². The van der Waals surface area contributed by atoms with Crippen LogP contribution in [-0.2, 0) is 0 Å². The summed E-state index contributed by atoms with van der Waals surface area (Å²) in [7, 11) is 1.71. The summed E-state index contributed by atoms with van der Waals surface area (Å²) in [5.74, 6) is 1.80. The summed E-state index contributed by atoms with van der Waals surface area (Å²) in [4.78, 5) is 0. The van der Waals surface area contributed by atoms with Crippen molar-refractivity contribution in [3.05, 3.63) is 29.8 Å². The van der Waals surface area contributed by atoms with E-state index in [2.05, 4.69) is 31.3 Å². The maximum atomic E-state index is 5.20. The molecule has 0 saturated heterocycles. The Morgan fingerprint density at radius 3 is 2.61 bits per heavy atom. The summed E-state index contributed by atoms with van der Waals surface area (Å²) in [5.41, 5.74) is 1.34. The Hall–Kier alpha value is -1.02. The second-order valence-corrected chi connectivity index (χ2v) is 5.37. The van der Waals surface area contributed by atoms with Gasteiger partial charge in [-0.2, -0.15) is 0 Å². The Labute approximate surface area is 111 Å². The highest BCUT2D eigenvalue weighted by molar-refractivity contribution is 5.28. The molecule has 1 aliphatic rings. The molecular formula is C16H25NO. The number of benzene rings is 1. The molecular weight excluding hydrogens is 222 g/mol. The van der Waals surface area contributed by atoms with E-state index in [9.17, 15) is 0 Å². The minimum atomic E-state index is 0.424. The van der Waals surface area contributed by atoms with Gasteiger partial charge in [-0.3, -0.25) is 0 Å². The lowest BCUT2D eigenvalue weighted by molar-refractivity contribution is 0.360. The third-order valence-corrected chi connectivity index (χ3v) is 4.26. The van der Waals surface area contributed by atoms with Crippen LogP contribution in [0.15, 0.2) is 24.3 Å². The Bertz CT molecular complexity index is 360. The number of nitrogens with one attached hydrogen (secondary N) is 1. The number of rotatable bonds is 5. The van der Waals surface area contributed by atoms with Crippen molar-refractivity contribution in [3.8, 4) is 5.75 Å². The molecule has 1 saturated carbocycles. The second-order valence-electron chi connectivity index (χ2n) is 5.37. The van der Waals surface area contributed by atoms with Gasteiger partial charge in [0.2, 0.25) is 0 Å². The van der Waals surface area contributed by atoms with Crippen LogP contribution < -0.4 is 10.1 Å². The van der Waals surface area contributed by atoms with Crippen molar-refractivity contribution >= 4 is 0 Å². The fourth-order valence-corrected chi connectivity index (χ4v) is 3.05. The van der Waals surface area contributed by atoms with Crippen LogP contribution >= 0.6 is 0 Å². The third-order valence-electron chi connectivity index (χ3n) is 4.26. The molecule has 0 heterocycles. The van der Waals surface area contributed by atoms with Gasteiger partial charge >= 0.3 is 0 Å². The van der Waals surface area contributed by atoms with Crippen molar-refractivity contribution in [1.82, 2.24) is 5.32 Å². The van der Waals surface area contributed by atoms with Crippen LogP contribution in [0.4, 0.5) is 0 Å². The molecule has 2 nitrogen and oxygen atoms in total. The third kappa shape index (κ3) is 3.05. The Balaban J connectivity index is 1.95. The average molecular weight is 247 g/mol. The van der Waals surface area contributed by atoms with Crippen LogP contribution in [0.5, 0.6) is 5.75 Å². The van der Waals surface area contributed by atoms with Crippen LogP contribution in [-0.4, -0.2) is 13.2 Å². The Kier molecular flexibility index (Phi) is 4.65. The van der Waals surface area contributed by atoms with Crippen LogP contribution in [0, 0.1) is 5.92 Å². The quantitative estimate of drug-likeness (QED) is 0.851. The zero-order valence-corrected chi connectivity index (χ0v) is 11.8. The number of ether oxygens (including phenoxy) is 1. The zero-order chi connectivity index (χ0) is 13.0. The molecule has 0 radical (unpaired) electrons. The molecule has 18 heavy (non-hydrogen) atoms. The summed E-state index contributed by atoms with van der Waals surface area (Å²) in [6.07, 6.45) is 5.40. The van der Waals surface area contributed by atoms with Gasteiger partial charge in [-0.05, 0) is 43.4 Å². The van der Waals surface area contributed by atoms with E-state index < -0.39 is 0 Å². The number of hydrogen-bond donors (Lipinski definition) is 1. The van der Waals surface area contributed by atoms with E-state index in [1.807, 2.05) is 12.1 Å². The van der Waals surface area contributed by atoms with Crippen molar-refractivity contribution in [1.29, 1.82) is 0 Å². The molecule has 1 aromatic carbocycles. The van der Waals surface area contributed by atoms with Crippen molar-refractivity contribution in [3.63, 3.8) is 0 Å². The van der Waals surface area contributed by atoms with Crippen LogP contribution in [0.25, 0.3) is 0 Å². The highest BCUT2D eigenvalue weighted by Gasteiger charge is 2.26. The maximum absolute atomic E-state index is 5.20. The molecule has 3 atom stereocenters. The summed E-state index contributed by atoms with van der Waals surface area (Å²) < 4.78 is 5.20. The summed E-state index contributed by atoms with van der Waals surface area (Å²) in [6.45, 7) is 4.57. The predicted molar refractivity (Wildman–Crippen MR) is 76.0 cm³/mol. The minimum Gasteiger partial charge on any atom is -0.497 e. The number of hydrogen-bond acceptors (Lipinski definition) is 2. The molecule has 0 amide bonds. The van der Waals surface area contributed by atoms with Crippen LogP contribution in [0.3, 0.4) is 0 Å². The molecule has 1 aliphatic carbocycles. The molecule has 1 aromatic rings. The van der Waals surface area contributed by atoms with Gasteiger partial charge in [0.05, 0.1) is 7.11 Å². The molecule has 0 aromatic heterocycles. The van der Waals surface area contributed by atoms with Gasteiger partial charge in [0, 0.05) is 12.1 Å². The molecule has 0 spiro atoms. The first-order valence-corrected chi connectivity index (χ1v) is 7.14. The second kappa shape index (κ2) is 6.24. The Morgan fingerprint density at radius 2 is 2.00 bits per heavy atom. The topological polar surface area (TPSA) is 21.3 Å². The van der Waals surface area contributed by atoms with E-state index in [1.54, 1.807) is 7.11 Å². The monoisotopic (exact) mass is 247 g/mol. The van der Waals surface area contributed by atoms with E-state index in [-0.39, 0.29) is 0 Å². The molecule has 1 N–H and O–H groups in total. The van der Waals surface area contributed by atoms with E-state index in [0.717, 1.165) is 11.7 Å². The average Bonchev–Trinajstić information content (AvgIpc) is 2.86. The molecule has 0 aliphatic heterocycles. The lowest BCUT2D eigenvalue weighted by Crippen LogP contribution is -2.34. The van der Waals surface area contributed by atoms with Gasteiger partial charge in [-0.15, -0.1) is 0 Å². The zero-order valence-electron chi connectivity index (χ0n) is 11.8. The maximum Gasteiger partial charge on any atom is 0.118 e. The van der Waals surface area contributed by atoms with Crippen molar-refractivity contribution in [2.45, 2.75) is 51.6 Å². The lowest BCUT2D eigenvalue weighted by Gasteiger charge is -2.24. The van der Waals surface area contributed by atoms with E-state index in [4.69, 9.17) is 4.74 Å². The fourth-order valence-electron chi connectivity index (χ4n) is 3.05. The summed E-state index contributed by atoms with van der Waals surface area (Å²) in [6, 6.07) is 9.53. The standard InChI is InChI=1S/C16H25NO/c1-4-13-6-5-7-16(13)17-12(2)14-8-10-15(18-3)11-9-14/h8-13,16-17H,4-7H2,1-3H3. The highest BCUT2D eigenvalue weighted by Crippen LogP contribution is 2.30. The largest absolute Gasteiger partial charge is 0.497 e. The Morgan fingerprint density at radius 1 is 1.28 bits per heavy atom. The summed E-state index contributed by atoms with van der Waals surface area (Å²) in [5, 5.41) is 3.79. The van der Waals surface area contributed by atoms with Gasteiger partial charge in [0.1, 0.15) is 5.75 Å². The van der Waals surface area contributed by atoms with Crippen molar-refractivity contribution in [2.24, 2.45) is 5.92 Å². The first-order chi connectivity index (χ1) is 8.74. The van der Waals surface area contributed by atoms with E-state index >= 15 is 0 Å². The van der Waals surface area contributed by atoms with E-state index in [1.165, 1.54) is 31.2 Å². The minimum absolute atomic E-state index is 0.424. The first kappa shape index (κ1) is 13.4. The molecule has 100 valence electrons. The van der Waals surface area contributed by atoms with Gasteiger partial charge < -0.3 is 10.1 Å². The first-order valence-electron chi connectivity index (χ1n) is 7.14. The van der Waals surface area contributed by atoms with Crippen LogP contribution in [0.1, 0.15) is 51.1 Å². The molecule has 0 bridgehead atoms. The summed E-state index contributed by atoms with van der Waals surface area (Å²) >= 11 is 0. The van der Waals surface area contributed by atoms with Gasteiger partial charge in [-0.1, -0.05) is 31.9 Å². The molecule has 2 rings (SSSR count). The van der Waals surface area contributed by atoms with Crippen LogP contribution in [0.2, 0.25) is 0 Å². The van der Waals surface area contributed by atoms with Gasteiger partial charge in [0.25, 0.3) is 0 Å². The highest BCUT2D eigenvalue weighted by atomic mass is 16.5. The normalized spacial score (nSPS) is 25.1. The fraction of sp³-hybridized carbons (Fsp3) is 0.625. The number of methoxy groups -OCH3 is 1. The van der Waals surface area contributed by atoms with Crippen molar-refractivity contribution < 1.29 is 4.74 Å².